The number of thioether (sulfide) groups is 1. The van der Waals surface area contributed by atoms with Crippen LogP contribution in [0.2, 0.25) is 0 Å². The van der Waals surface area contributed by atoms with E-state index in [2.05, 4.69) is 0 Å². The van der Waals surface area contributed by atoms with Crippen molar-refractivity contribution >= 4 is 23.6 Å². The normalized spacial score (nSPS) is 18.0. The summed E-state index contributed by atoms with van der Waals surface area (Å²) in [5.74, 6) is 0.132. The summed E-state index contributed by atoms with van der Waals surface area (Å²) in [6.45, 7) is 1.08. The van der Waals surface area contributed by atoms with Gasteiger partial charge in [0.2, 0.25) is 5.91 Å². The van der Waals surface area contributed by atoms with Gasteiger partial charge in [-0.2, -0.15) is 11.8 Å². The Kier molecular flexibility index (Phi) is 5.08. The van der Waals surface area contributed by atoms with Gasteiger partial charge in [0, 0.05) is 19.0 Å². The molecule has 0 unspecified atom stereocenters. The fraction of sp³-hybridized carbons (Fsp3) is 0.800. The maximum atomic E-state index is 11.7. The van der Waals surface area contributed by atoms with Crippen molar-refractivity contribution in [2.75, 3.05) is 25.1 Å². The van der Waals surface area contributed by atoms with Gasteiger partial charge in [-0.15, -0.1) is 0 Å². The Morgan fingerprint density at radius 3 is 2.69 bits per heavy atom. The number of nitrogens with zero attached hydrogens (tertiary/aromatic N) is 1. The molecule has 0 aliphatic carbocycles. The standard InChI is InChI=1S/C10H18N2O3S/c1-16-3-2-8(11)10(15)12-5-7(6-12)4-9(13)14/h7-8H,2-6,11H2,1H3,(H,13,14)/t8-/m0/s1. The third-order valence-electron chi connectivity index (χ3n) is 2.68. The van der Waals surface area contributed by atoms with Crippen LogP contribution in [0.1, 0.15) is 12.8 Å². The van der Waals surface area contributed by atoms with Gasteiger partial charge in [-0.3, -0.25) is 9.59 Å². The molecular weight excluding hydrogens is 228 g/mol. The second-order valence-electron chi connectivity index (χ2n) is 4.10. The Labute approximate surface area is 99.4 Å². The number of carboxylic acid groups (broad SMARTS) is 1. The SMILES string of the molecule is CSCC[C@H](N)C(=O)N1CC(CC(=O)O)C1. The number of carbonyl (C=O) groups is 2. The summed E-state index contributed by atoms with van der Waals surface area (Å²) in [5, 5.41) is 8.57. The highest BCUT2D eigenvalue weighted by Crippen LogP contribution is 2.20. The second kappa shape index (κ2) is 6.10. The lowest BCUT2D eigenvalue weighted by molar-refractivity contribution is -0.145. The molecule has 1 saturated heterocycles. The lowest BCUT2D eigenvalue weighted by atomic mass is 9.95. The molecule has 92 valence electrons. The summed E-state index contributed by atoms with van der Waals surface area (Å²) in [6, 6.07) is -0.432. The highest BCUT2D eigenvalue weighted by molar-refractivity contribution is 7.98. The minimum Gasteiger partial charge on any atom is -0.481 e. The summed E-state index contributed by atoms with van der Waals surface area (Å²) >= 11 is 1.67. The van der Waals surface area contributed by atoms with Gasteiger partial charge >= 0.3 is 5.97 Å². The molecular formula is C10H18N2O3S. The first-order chi connectivity index (χ1) is 7.54. The monoisotopic (exact) mass is 246 g/mol. The molecule has 0 radical (unpaired) electrons. The van der Waals surface area contributed by atoms with Crippen LogP contribution in [0.3, 0.4) is 0 Å². The highest BCUT2D eigenvalue weighted by atomic mass is 32.2. The summed E-state index contributed by atoms with van der Waals surface area (Å²) in [4.78, 5) is 23.8. The van der Waals surface area contributed by atoms with E-state index < -0.39 is 12.0 Å². The molecule has 1 atom stereocenters. The van der Waals surface area contributed by atoms with E-state index in [-0.39, 0.29) is 18.2 Å². The molecule has 0 spiro atoms. The van der Waals surface area contributed by atoms with Gasteiger partial charge in [-0.25, -0.2) is 0 Å². The number of nitrogens with two attached hydrogens (primary N) is 1. The molecule has 1 aliphatic rings. The molecule has 1 aliphatic heterocycles. The topological polar surface area (TPSA) is 83.6 Å². The Balaban J connectivity index is 2.23. The minimum atomic E-state index is -0.802. The number of hydrogen-bond donors (Lipinski definition) is 2. The van der Waals surface area contributed by atoms with Crippen molar-refractivity contribution in [3.63, 3.8) is 0 Å². The van der Waals surface area contributed by atoms with Crippen molar-refractivity contribution in [2.45, 2.75) is 18.9 Å². The van der Waals surface area contributed by atoms with E-state index in [1.165, 1.54) is 0 Å². The third-order valence-corrected chi connectivity index (χ3v) is 3.33. The van der Waals surface area contributed by atoms with Gasteiger partial charge in [0.05, 0.1) is 12.5 Å². The Morgan fingerprint density at radius 2 is 2.19 bits per heavy atom. The van der Waals surface area contributed by atoms with Gasteiger partial charge < -0.3 is 15.7 Å². The fourth-order valence-corrected chi connectivity index (χ4v) is 2.22. The van der Waals surface area contributed by atoms with Gasteiger partial charge in [0.25, 0.3) is 0 Å². The summed E-state index contributed by atoms with van der Waals surface area (Å²) in [7, 11) is 0. The number of likely N-dealkylation sites (tertiary alicyclic amines) is 1. The largest absolute Gasteiger partial charge is 0.481 e. The Morgan fingerprint density at radius 1 is 1.56 bits per heavy atom. The van der Waals surface area contributed by atoms with E-state index in [1.807, 2.05) is 6.26 Å². The lowest BCUT2D eigenvalue weighted by Crippen LogP contribution is -2.55. The van der Waals surface area contributed by atoms with Crippen LogP contribution in [0.5, 0.6) is 0 Å². The van der Waals surface area contributed by atoms with Crippen LogP contribution in [0.15, 0.2) is 0 Å². The molecule has 0 aromatic heterocycles. The molecule has 3 N–H and O–H groups in total. The zero-order valence-corrected chi connectivity index (χ0v) is 10.2. The Bertz CT molecular complexity index is 267. The number of amides is 1. The maximum Gasteiger partial charge on any atom is 0.303 e. The molecule has 6 heteroatoms. The minimum absolute atomic E-state index is 0.0457. The van der Waals surface area contributed by atoms with E-state index in [4.69, 9.17) is 10.8 Å². The molecule has 1 fully saturated rings. The van der Waals surface area contributed by atoms with Gasteiger partial charge in [-0.1, -0.05) is 0 Å². The van der Waals surface area contributed by atoms with Crippen LogP contribution in [0.25, 0.3) is 0 Å². The first-order valence-electron chi connectivity index (χ1n) is 5.29. The van der Waals surface area contributed by atoms with Crippen molar-refractivity contribution in [2.24, 2.45) is 11.7 Å². The predicted octanol–water partition coefficient (Wildman–Crippen LogP) is -0.0001000. The number of rotatable bonds is 6. The van der Waals surface area contributed by atoms with Crippen molar-refractivity contribution in [1.29, 1.82) is 0 Å². The molecule has 0 aromatic carbocycles. The molecule has 0 aromatic rings. The quantitative estimate of drug-likeness (QED) is 0.689. The third kappa shape index (κ3) is 3.68. The Hall–Kier alpha value is -0.750. The predicted molar refractivity (Wildman–Crippen MR) is 63.3 cm³/mol. The number of carbonyl (C=O) groups excluding carboxylic acids is 1. The molecule has 0 saturated carbocycles. The molecule has 0 bridgehead atoms. The average Bonchev–Trinajstić information content (AvgIpc) is 2.18. The molecule has 1 rings (SSSR count). The highest BCUT2D eigenvalue weighted by Gasteiger charge is 2.33. The fourth-order valence-electron chi connectivity index (χ4n) is 1.73. The van der Waals surface area contributed by atoms with Gasteiger partial charge in [-0.05, 0) is 18.4 Å². The molecule has 1 amide bonds. The zero-order valence-electron chi connectivity index (χ0n) is 9.39. The van der Waals surface area contributed by atoms with E-state index in [0.717, 1.165) is 5.75 Å². The van der Waals surface area contributed by atoms with Crippen molar-refractivity contribution in [3.8, 4) is 0 Å². The van der Waals surface area contributed by atoms with E-state index in [9.17, 15) is 9.59 Å². The second-order valence-corrected chi connectivity index (χ2v) is 5.08. The smallest absolute Gasteiger partial charge is 0.303 e. The number of aliphatic carboxylic acids is 1. The van der Waals surface area contributed by atoms with Gasteiger partial charge in [0.15, 0.2) is 0 Å². The average molecular weight is 246 g/mol. The molecule has 5 nitrogen and oxygen atoms in total. The van der Waals surface area contributed by atoms with Crippen LogP contribution in [0.4, 0.5) is 0 Å². The zero-order chi connectivity index (χ0) is 12.1. The van der Waals surface area contributed by atoms with Crippen LogP contribution in [-0.4, -0.2) is 53.0 Å². The lowest BCUT2D eigenvalue weighted by Gasteiger charge is -2.39. The van der Waals surface area contributed by atoms with E-state index in [1.54, 1.807) is 16.7 Å². The van der Waals surface area contributed by atoms with Crippen LogP contribution < -0.4 is 5.73 Å². The van der Waals surface area contributed by atoms with Crippen molar-refractivity contribution in [1.82, 2.24) is 4.90 Å². The number of carboxylic acids is 1. The first-order valence-corrected chi connectivity index (χ1v) is 6.69. The van der Waals surface area contributed by atoms with Crippen LogP contribution in [0, 0.1) is 5.92 Å². The summed E-state index contributed by atoms with van der Waals surface area (Å²) in [5.41, 5.74) is 5.74. The van der Waals surface area contributed by atoms with Crippen molar-refractivity contribution < 1.29 is 14.7 Å². The van der Waals surface area contributed by atoms with E-state index >= 15 is 0 Å². The maximum absolute atomic E-state index is 11.7. The van der Waals surface area contributed by atoms with Crippen LogP contribution >= 0.6 is 11.8 Å². The first kappa shape index (κ1) is 13.3. The van der Waals surface area contributed by atoms with Crippen molar-refractivity contribution in [3.05, 3.63) is 0 Å². The number of hydrogen-bond acceptors (Lipinski definition) is 4. The molecule has 16 heavy (non-hydrogen) atoms. The van der Waals surface area contributed by atoms with E-state index in [0.29, 0.717) is 19.5 Å². The van der Waals surface area contributed by atoms with Crippen LogP contribution in [-0.2, 0) is 9.59 Å². The van der Waals surface area contributed by atoms with Gasteiger partial charge in [0.1, 0.15) is 0 Å². The summed E-state index contributed by atoms with van der Waals surface area (Å²) in [6.07, 6.45) is 2.80. The summed E-state index contributed by atoms with van der Waals surface area (Å²) < 4.78 is 0. The molecule has 1 heterocycles.